The second kappa shape index (κ2) is 10.8. The number of anilines is 2. The molecule has 200 valence electrons. The lowest BCUT2D eigenvalue weighted by Gasteiger charge is -2.19. The summed E-state index contributed by atoms with van der Waals surface area (Å²) in [5, 5.41) is 21.3. The quantitative estimate of drug-likeness (QED) is 0.213. The van der Waals surface area contributed by atoms with Crippen LogP contribution in [0, 0.1) is 24.0 Å². The van der Waals surface area contributed by atoms with Crippen LogP contribution in [-0.4, -0.2) is 32.3 Å². The zero-order valence-corrected chi connectivity index (χ0v) is 22.3. The first-order valence-corrected chi connectivity index (χ1v) is 12.2. The van der Waals surface area contributed by atoms with Gasteiger partial charge in [-0.05, 0) is 88.2 Å². The van der Waals surface area contributed by atoms with Crippen LogP contribution in [0.4, 0.5) is 21.9 Å². The molecule has 39 heavy (non-hydrogen) atoms. The van der Waals surface area contributed by atoms with Crippen LogP contribution in [0.25, 0.3) is 16.9 Å². The van der Waals surface area contributed by atoms with Crippen molar-refractivity contribution in [2.45, 2.75) is 40.2 Å². The molecule has 4 rings (SSSR count). The van der Waals surface area contributed by atoms with E-state index in [-0.39, 0.29) is 11.4 Å². The van der Waals surface area contributed by atoms with Crippen molar-refractivity contribution in [3.05, 3.63) is 99.7 Å². The summed E-state index contributed by atoms with van der Waals surface area (Å²) in [5.41, 5.74) is 4.66. The molecule has 0 spiro atoms. The van der Waals surface area contributed by atoms with Crippen LogP contribution in [-0.2, 0) is 4.74 Å². The molecule has 1 heterocycles. The molecule has 0 aliphatic carbocycles. The maximum atomic E-state index is 13.4. The number of rotatable bonds is 6. The van der Waals surface area contributed by atoms with Gasteiger partial charge >= 0.3 is 6.09 Å². The van der Waals surface area contributed by atoms with Crippen molar-refractivity contribution in [2.24, 2.45) is 0 Å². The van der Waals surface area contributed by atoms with E-state index in [1.165, 1.54) is 16.8 Å². The van der Waals surface area contributed by atoms with Crippen LogP contribution in [0.3, 0.4) is 0 Å². The number of carbonyl (C=O) groups excluding carboxylic acids is 2. The van der Waals surface area contributed by atoms with E-state index in [2.05, 4.69) is 10.6 Å². The SMILES string of the molecule is Cc1cccc(-c2cc(C(=O)Nc3ccc(NC(=O)OC(C)(C)C)cc3)n(-c3ccc([N+](=O)[O-])cc3)n2)c1C. The van der Waals surface area contributed by atoms with Gasteiger partial charge < -0.3 is 10.1 Å². The van der Waals surface area contributed by atoms with Gasteiger partial charge in [-0.25, -0.2) is 9.48 Å². The van der Waals surface area contributed by atoms with Crippen molar-refractivity contribution in [3.8, 4) is 16.9 Å². The summed E-state index contributed by atoms with van der Waals surface area (Å²) in [6, 6.07) is 20.0. The molecule has 0 bridgehead atoms. The number of aromatic nitrogens is 2. The number of nitro benzene ring substituents is 1. The number of nitrogens with one attached hydrogen (secondary N) is 2. The van der Waals surface area contributed by atoms with Gasteiger partial charge in [0.1, 0.15) is 11.3 Å². The number of carbonyl (C=O) groups is 2. The van der Waals surface area contributed by atoms with Crippen LogP contribution >= 0.6 is 0 Å². The molecule has 0 atom stereocenters. The lowest BCUT2D eigenvalue weighted by atomic mass is 10.0. The Balaban J connectivity index is 1.63. The Morgan fingerprint density at radius 1 is 0.923 bits per heavy atom. The lowest BCUT2D eigenvalue weighted by Crippen LogP contribution is -2.27. The molecular weight excluding hydrogens is 498 g/mol. The maximum Gasteiger partial charge on any atom is 0.412 e. The van der Waals surface area contributed by atoms with Gasteiger partial charge in [-0.1, -0.05) is 18.2 Å². The maximum absolute atomic E-state index is 13.4. The second-order valence-electron chi connectivity index (χ2n) is 10.0. The van der Waals surface area contributed by atoms with Crippen molar-refractivity contribution in [3.63, 3.8) is 0 Å². The number of nitrogens with zero attached hydrogens (tertiary/aromatic N) is 3. The minimum atomic E-state index is -0.625. The second-order valence-corrected chi connectivity index (χ2v) is 10.0. The highest BCUT2D eigenvalue weighted by atomic mass is 16.6. The van der Waals surface area contributed by atoms with Crippen LogP contribution in [0.1, 0.15) is 42.4 Å². The first-order valence-electron chi connectivity index (χ1n) is 12.2. The molecule has 3 aromatic carbocycles. The summed E-state index contributed by atoms with van der Waals surface area (Å²) in [5.74, 6) is -0.426. The van der Waals surface area contributed by atoms with Crippen molar-refractivity contribution in [2.75, 3.05) is 10.6 Å². The molecule has 2 amide bonds. The monoisotopic (exact) mass is 527 g/mol. The predicted molar refractivity (Wildman–Crippen MR) is 149 cm³/mol. The fourth-order valence-electron chi connectivity index (χ4n) is 3.87. The van der Waals surface area contributed by atoms with E-state index in [0.717, 1.165) is 16.7 Å². The number of non-ortho nitro benzene ring substituents is 1. The lowest BCUT2D eigenvalue weighted by molar-refractivity contribution is -0.384. The van der Waals surface area contributed by atoms with Gasteiger partial charge in [0.05, 0.1) is 16.3 Å². The first kappa shape index (κ1) is 27.1. The molecule has 1 aromatic heterocycles. The molecular formula is C29H29N5O5. The summed E-state index contributed by atoms with van der Waals surface area (Å²) < 4.78 is 6.72. The topological polar surface area (TPSA) is 128 Å². The molecule has 0 fully saturated rings. The minimum Gasteiger partial charge on any atom is -0.444 e. The molecule has 10 nitrogen and oxygen atoms in total. The summed E-state index contributed by atoms with van der Waals surface area (Å²) in [4.78, 5) is 36.1. The first-order chi connectivity index (χ1) is 18.4. The number of ether oxygens (including phenoxy) is 1. The Bertz CT molecular complexity index is 1530. The summed E-state index contributed by atoms with van der Waals surface area (Å²) in [7, 11) is 0. The molecule has 0 saturated carbocycles. The highest BCUT2D eigenvalue weighted by molar-refractivity contribution is 6.04. The van der Waals surface area contributed by atoms with Crippen LogP contribution < -0.4 is 10.6 Å². The summed E-state index contributed by atoms with van der Waals surface area (Å²) in [6.07, 6.45) is -0.578. The van der Waals surface area contributed by atoms with E-state index < -0.39 is 22.5 Å². The van der Waals surface area contributed by atoms with Crippen molar-refractivity contribution < 1.29 is 19.2 Å². The van der Waals surface area contributed by atoms with Gasteiger partial charge in [0.25, 0.3) is 11.6 Å². The van der Waals surface area contributed by atoms with Crippen molar-refractivity contribution in [1.29, 1.82) is 0 Å². The Kier molecular flexibility index (Phi) is 7.48. The van der Waals surface area contributed by atoms with Gasteiger partial charge in [0.2, 0.25) is 0 Å². The predicted octanol–water partition coefficient (Wildman–Crippen LogP) is 6.66. The molecule has 2 N–H and O–H groups in total. The van der Waals surface area contributed by atoms with E-state index in [9.17, 15) is 19.7 Å². The molecule has 0 unspecified atom stereocenters. The van der Waals surface area contributed by atoms with Gasteiger partial charge in [-0.2, -0.15) is 5.10 Å². The smallest absolute Gasteiger partial charge is 0.412 e. The number of amides is 2. The number of aryl methyl sites for hydroxylation is 1. The van der Waals surface area contributed by atoms with E-state index in [1.807, 2.05) is 32.0 Å². The molecule has 0 aliphatic heterocycles. The third-order valence-corrected chi connectivity index (χ3v) is 5.92. The van der Waals surface area contributed by atoms with Gasteiger partial charge in [0.15, 0.2) is 0 Å². The van der Waals surface area contributed by atoms with Crippen LogP contribution in [0.15, 0.2) is 72.8 Å². The standard InChI is InChI=1S/C29H29N5O5/c1-18-7-6-8-24(19(18)2)25-17-26(33(32-25)22-13-15-23(16-14-22)34(37)38)27(35)30-20-9-11-21(12-10-20)31-28(36)39-29(3,4)5/h6-17H,1-5H3,(H,30,35)(H,31,36). The van der Waals surface area contributed by atoms with E-state index in [1.54, 1.807) is 63.2 Å². The fraction of sp³-hybridized carbons (Fsp3) is 0.207. The van der Waals surface area contributed by atoms with Crippen LogP contribution in [0.5, 0.6) is 0 Å². The molecule has 4 aromatic rings. The van der Waals surface area contributed by atoms with Crippen LogP contribution in [0.2, 0.25) is 0 Å². The fourth-order valence-corrected chi connectivity index (χ4v) is 3.87. The Hall–Kier alpha value is -4.99. The molecule has 0 radical (unpaired) electrons. The van der Waals surface area contributed by atoms with Gasteiger partial charge in [-0.3, -0.25) is 20.2 Å². The van der Waals surface area contributed by atoms with Gasteiger partial charge in [0, 0.05) is 29.1 Å². The Labute approximate surface area is 225 Å². The normalized spacial score (nSPS) is 11.1. The van der Waals surface area contributed by atoms with E-state index in [0.29, 0.717) is 22.8 Å². The zero-order chi connectivity index (χ0) is 28.3. The molecule has 0 saturated heterocycles. The number of nitro groups is 1. The Morgan fingerprint density at radius 3 is 2.13 bits per heavy atom. The third kappa shape index (κ3) is 6.48. The average molecular weight is 528 g/mol. The van der Waals surface area contributed by atoms with Gasteiger partial charge in [-0.15, -0.1) is 0 Å². The number of hydrogen-bond acceptors (Lipinski definition) is 6. The number of benzene rings is 3. The van der Waals surface area contributed by atoms with E-state index in [4.69, 9.17) is 9.84 Å². The molecule has 0 aliphatic rings. The van der Waals surface area contributed by atoms with E-state index >= 15 is 0 Å². The zero-order valence-electron chi connectivity index (χ0n) is 22.3. The Morgan fingerprint density at radius 2 is 1.54 bits per heavy atom. The highest BCUT2D eigenvalue weighted by Crippen LogP contribution is 2.28. The summed E-state index contributed by atoms with van der Waals surface area (Å²) >= 11 is 0. The third-order valence-electron chi connectivity index (χ3n) is 5.92. The summed E-state index contributed by atoms with van der Waals surface area (Å²) in [6.45, 7) is 9.32. The van der Waals surface area contributed by atoms with Crippen molar-refractivity contribution in [1.82, 2.24) is 9.78 Å². The average Bonchev–Trinajstić information content (AvgIpc) is 3.31. The largest absolute Gasteiger partial charge is 0.444 e. The number of hydrogen-bond donors (Lipinski definition) is 2. The van der Waals surface area contributed by atoms with Crippen molar-refractivity contribution >= 4 is 29.1 Å². The minimum absolute atomic E-state index is 0.0632. The molecule has 10 heteroatoms. The highest BCUT2D eigenvalue weighted by Gasteiger charge is 2.20.